The molecule has 0 atom stereocenters. The second kappa shape index (κ2) is 3.33. The van der Waals surface area contributed by atoms with E-state index in [9.17, 15) is 9.90 Å². The second-order valence-corrected chi connectivity index (χ2v) is 3.80. The number of hydrogen-bond acceptors (Lipinski definition) is 2. The first kappa shape index (κ1) is 9.06. The smallest absolute Gasteiger partial charge is 0.339 e. The van der Waals surface area contributed by atoms with Gasteiger partial charge in [-0.2, -0.15) is 0 Å². The van der Waals surface area contributed by atoms with Crippen molar-refractivity contribution in [3.05, 3.63) is 29.3 Å². The fraction of sp³-hybridized carbons (Fsp3) is 0.364. The van der Waals surface area contributed by atoms with Crippen molar-refractivity contribution in [1.29, 1.82) is 0 Å². The lowest BCUT2D eigenvalue weighted by molar-refractivity contribution is 0.0693. The Labute approximate surface area is 82.0 Å². The molecule has 3 nitrogen and oxygen atoms in total. The first-order valence-corrected chi connectivity index (χ1v) is 4.72. The minimum Gasteiger partial charge on any atom is -0.507 e. The van der Waals surface area contributed by atoms with Gasteiger partial charge in [-0.15, -0.1) is 0 Å². The molecule has 1 aliphatic carbocycles. The summed E-state index contributed by atoms with van der Waals surface area (Å²) in [6, 6.07) is 4.80. The first-order valence-electron chi connectivity index (χ1n) is 4.72. The number of carbonyl (C=O) groups is 1. The molecule has 0 unspecified atom stereocenters. The zero-order chi connectivity index (χ0) is 10.1. The second-order valence-electron chi connectivity index (χ2n) is 3.80. The molecular weight excluding hydrogens is 180 g/mol. The zero-order valence-electron chi connectivity index (χ0n) is 7.73. The lowest BCUT2D eigenvalue weighted by Crippen LogP contribution is -1.97. The molecule has 0 heterocycles. The van der Waals surface area contributed by atoms with Crippen LogP contribution in [0.2, 0.25) is 0 Å². The Morgan fingerprint density at radius 1 is 1.43 bits per heavy atom. The van der Waals surface area contributed by atoms with E-state index in [1.165, 1.54) is 18.9 Å². The molecule has 1 aromatic rings. The Balaban J connectivity index is 2.20. The van der Waals surface area contributed by atoms with Crippen LogP contribution in [0.25, 0.3) is 0 Å². The molecule has 0 bridgehead atoms. The molecule has 3 heteroatoms. The van der Waals surface area contributed by atoms with E-state index in [-0.39, 0.29) is 11.3 Å². The van der Waals surface area contributed by atoms with E-state index in [4.69, 9.17) is 5.11 Å². The van der Waals surface area contributed by atoms with Crippen LogP contribution in [0.5, 0.6) is 5.75 Å². The molecular formula is C11H12O3. The molecule has 0 spiro atoms. The predicted molar refractivity (Wildman–Crippen MR) is 51.5 cm³/mol. The van der Waals surface area contributed by atoms with Gasteiger partial charge in [-0.1, -0.05) is 6.07 Å². The maximum atomic E-state index is 10.6. The van der Waals surface area contributed by atoms with Gasteiger partial charge in [0.25, 0.3) is 0 Å². The molecule has 1 aliphatic rings. The van der Waals surface area contributed by atoms with Gasteiger partial charge in [0.05, 0.1) is 0 Å². The quantitative estimate of drug-likeness (QED) is 0.770. The highest BCUT2D eigenvalue weighted by atomic mass is 16.4. The molecule has 0 radical (unpaired) electrons. The Morgan fingerprint density at radius 2 is 2.14 bits per heavy atom. The summed E-state index contributed by atoms with van der Waals surface area (Å²) in [6.07, 6.45) is 3.45. The van der Waals surface area contributed by atoms with Crippen LogP contribution in [0.1, 0.15) is 28.8 Å². The average molecular weight is 192 g/mol. The molecule has 74 valence electrons. The summed E-state index contributed by atoms with van der Waals surface area (Å²) in [6.45, 7) is 0. The van der Waals surface area contributed by atoms with Crippen LogP contribution in [-0.4, -0.2) is 16.2 Å². The third kappa shape index (κ3) is 1.87. The van der Waals surface area contributed by atoms with Crippen molar-refractivity contribution in [2.75, 3.05) is 0 Å². The zero-order valence-corrected chi connectivity index (χ0v) is 7.73. The summed E-state index contributed by atoms with van der Waals surface area (Å²) in [4.78, 5) is 10.6. The minimum absolute atomic E-state index is 0.0236. The highest BCUT2D eigenvalue weighted by Gasteiger charge is 2.22. The van der Waals surface area contributed by atoms with Crippen LogP contribution in [0.4, 0.5) is 0 Å². The molecule has 0 amide bonds. The van der Waals surface area contributed by atoms with E-state index >= 15 is 0 Å². The van der Waals surface area contributed by atoms with Crippen LogP contribution in [0.3, 0.4) is 0 Å². The third-order valence-corrected chi connectivity index (χ3v) is 2.51. The van der Waals surface area contributed by atoms with Gasteiger partial charge in [0.1, 0.15) is 11.3 Å². The number of hydrogen-bond donors (Lipinski definition) is 2. The monoisotopic (exact) mass is 192 g/mol. The topological polar surface area (TPSA) is 57.5 Å². The number of carboxylic acids is 1. The fourth-order valence-corrected chi connectivity index (χ4v) is 1.54. The Bertz CT molecular complexity index is 367. The van der Waals surface area contributed by atoms with Crippen molar-refractivity contribution < 1.29 is 15.0 Å². The van der Waals surface area contributed by atoms with Gasteiger partial charge >= 0.3 is 5.97 Å². The lowest BCUT2D eigenvalue weighted by Gasteiger charge is -2.03. The summed E-state index contributed by atoms with van der Waals surface area (Å²) in [7, 11) is 0. The third-order valence-electron chi connectivity index (χ3n) is 2.51. The molecule has 1 saturated carbocycles. The summed E-state index contributed by atoms with van der Waals surface area (Å²) in [5.74, 6) is -0.471. The van der Waals surface area contributed by atoms with Crippen LogP contribution in [0, 0.1) is 5.92 Å². The summed E-state index contributed by atoms with van der Waals surface area (Å²) in [5, 5.41) is 18.1. The lowest BCUT2D eigenvalue weighted by atomic mass is 10.1. The van der Waals surface area contributed by atoms with Crippen molar-refractivity contribution in [1.82, 2.24) is 0 Å². The number of aromatic hydroxyl groups is 1. The van der Waals surface area contributed by atoms with E-state index in [1.807, 2.05) is 0 Å². The molecule has 0 aliphatic heterocycles. The van der Waals surface area contributed by atoms with Gasteiger partial charge < -0.3 is 10.2 Å². The Morgan fingerprint density at radius 3 is 2.64 bits per heavy atom. The summed E-state index contributed by atoms with van der Waals surface area (Å²) >= 11 is 0. The Kier molecular flexibility index (Phi) is 2.15. The van der Waals surface area contributed by atoms with E-state index in [0.717, 1.165) is 17.9 Å². The van der Waals surface area contributed by atoms with Crippen molar-refractivity contribution in [3.8, 4) is 5.75 Å². The predicted octanol–water partition coefficient (Wildman–Crippen LogP) is 2.04. The molecule has 2 N–H and O–H groups in total. The van der Waals surface area contributed by atoms with Gasteiger partial charge in [0, 0.05) is 0 Å². The Hall–Kier alpha value is -1.51. The molecule has 2 rings (SSSR count). The van der Waals surface area contributed by atoms with Crippen LogP contribution in [0.15, 0.2) is 18.2 Å². The highest BCUT2D eigenvalue weighted by Crippen LogP contribution is 2.33. The van der Waals surface area contributed by atoms with Crippen molar-refractivity contribution in [3.63, 3.8) is 0 Å². The van der Waals surface area contributed by atoms with Crippen LogP contribution >= 0.6 is 0 Å². The van der Waals surface area contributed by atoms with E-state index in [0.29, 0.717) is 0 Å². The summed E-state index contributed by atoms with van der Waals surface area (Å²) in [5.41, 5.74) is 1.000. The van der Waals surface area contributed by atoms with Crippen molar-refractivity contribution in [2.24, 2.45) is 5.92 Å². The van der Waals surface area contributed by atoms with Gasteiger partial charge in [-0.05, 0) is 42.9 Å². The number of rotatable bonds is 3. The molecule has 14 heavy (non-hydrogen) atoms. The number of phenols is 1. The first-order chi connectivity index (χ1) is 6.66. The maximum Gasteiger partial charge on any atom is 0.339 e. The van der Waals surface area contributed by atoms with Gasteiger partial charge in [-0.25, -0.2) is 4.79 Å². The highest BCUT2D eigenvalue weighted by molar-refractivity contribution is 5.90. The van der Waals surface area contributed by atoms with Gasteiger partial charge in [0.2, 0.25) is 0 Å². The molecule has 1 aromatic carbocycles. The fourth-order valence-electron chi connectivity index (χ4n) is 1.54. The summed E-state index contributed by atoms with van der Waals surface area (Å²) < 4.78 is 0. The van der Waals surface area contributed by atoms with E-state index in [2.05, 4.69) is 0 Å². The average Bonchev–Trinajstić information content (AvgIpc) is 2.87. The van der Waals surface area contributed by atoms with Crippen molar-refractivity contribution in [2.45, 2.75) is 19.3 Å². The van der Waals surface area contributed by atoms with Crippen LogP contribution < -0.4 is 0 Å². The molecule has 1 fully saturated rings. The number of aromatic carboxylic acids is 1. The van der Waals surface area contributed by atoms with Crippen LogP contribution in [-0.2, 0) is 6.42 Å². The number of benzene rings is 1. The van der Waals surface area contributed by atoms with Crippen molar-refractivity contribution >= 4 is 5.97 Å². The maximum absolute atomic E-state index is 10.6. The van der Waals surface area contributed by atoms with Gasteiger partial charge in [0.15, 0.2) is 0 Å². The molecule has 0 aromatic heterocycles. The standard InChI is InChI=1S/C11H12O3/c12-10-6-8(5-7-1-2-7)3-4-9(10)11(13)14/h3-4,6-7,12H,1-2,5H2,(H,13,14). The largest absolute Gasteiger partial charge is 0.507 e. The minimum atomic E-state index is -1.08. The SMILES string of the molecule is O=C(O)c1ccc(CC2CC2)cc1O. The normalized spacial score (nSPS) is 15.4. The van der Waals surface area contributed by atoms with E-state index in [1.54, 1.807) is 12.1 Å². The molecule has 0 saturated heterocycles. The van der Waals surface area contributed by atoms with Gasteiger partial charge in [-0.3, -0.25) is 0 Å². The van der Waals surface area contributed by atoms with E-state index < -0.39 is 5.97 Å². The number of carboxylic acid groups (broad SMARTS) is 1.